The quantitative estimate of drug-likeness (QED) is 0.770. The van der Waals surface area contributed by atoms with Crippen molar-refractivity contribution in [1.29, 1.82) is 0 Å². The maximum Gasteiger partial charge on any atom is 0.379 e. The molecule has 1 unspecified atom stereocenters. The minimum Gasteiger partial charge on any atom is -0.461 e. The van der Waals surface area contributed by atoms with E-state index < -0.39 is 29.7 Å². The Morgan fingerprint density at radius 2 is 2.24 bits per heavy atom. The van der Waals surface area contributed by atoms with Gasteiger partial charge in [-0.3, -0.25) is 0 Å². The van der Waals surface area contributed by atoms with E-state index in [2.05, 4.69) is 4.74 Å². The average molecular weight is 252 g/mol. The van der Waals surface area contributed by atoms with Crippen LogP contribution in [-0.4, -0.2) is 41.4 Å². The molecule has 100 valence electrons. The monoisotopic (exact) mass is 252 g/mol. The molecule has 4 nitrogen and oxygen atoms in total. The summed E-state index contributed by atoms with van der Waals surface area (Å²) in [7, 11) is 0. The van der Waals surface area contributed by atoms with Gasteiger partial charge in [-0.2, -0.15) is 8.78 Å². The van der Waals surface area contributed by atoms with Crippen LogP contribution in [0.15, 0.2) is 0 Å². The van der Waals surface area contributed by atoms with Gasteiger partial charge in [-0.1, -0.05) is 0 Å². The Morgan fingerprint density at radius 3 is 2.65 bits per heavy atom. The molecule has 0 aliphatic carbocycles. The van der Waals surface area contributed by atoms with Gasteiger partial charge in [0.1, 0.15) is 0 Å². The first kappa shape index (κ1) is 14.3. The zero-order valence-electron chi connectivity index (χ0n) is 10.2. The second-order valence-electron chi connectivity index (χ2n) is 4.74. The van der Waals surface area contributed by atoms with Gasteiger partial charge < -0.3 is 14.6 Å². The standard InChI is InChI=1S/C11H18F2O4/c1-4-16-9(15)11(12,13)8(14)7-5-6-10(2,3)17-7/h7-8,14H,4-6H2,1-3H3/t7-,8?/m1/s1. The first-order valence-corrected chi connectivity index (χ1v) is 5.61. The van der Waals surface area contributed by atoms with Crippen molar-refractivity contribution in [1.82, 2.24) is 0 Å². The van der Waals surface area contributed by atoms with Crippen LogP contribution in [0.4, 0.5) is 8.78 Å². The van der Waals surface area contributed by atoms with Crippen molar-refractivity contribution in [3.63, 3.8) is 0 Å². The molecule has 1 rings (SSSR count). The maximum absolute atomic E-state index is 13.5. The zero-order valence-corrected chi connectivity index (χ0v) is 10.2. The largest absolute Gasteiger partial charge is 0.461 e. The summed E-state index contributed by atoms with van der Waals surface area (Å²) in [6.45, 7) is 4.78. The SMILES string of the molecule is CCOC(=O)C(F)(F)C(O)[C@H]1CCC(C)(C)O1. The van der Waals surface area contributed by atoms with Gasteiger partial charge in [-0.15, -0.1) is 0 Å². The van der Waals surface area contributed by atoms with Gasteiger partial charge in [0.2, 0.25) is 0 Å². The van der Waals surface area contributed by atoms with Gasteiger partial charge in [0.25, 0.3) is 0 Å². The molecule has 0 spiro atoms. The lowest BCUT2D eigenvalue weighted by Gasteiger charge is -2.27. The molecule has 17 heavy (non-hydrogen) atoms. The first-order valence-electron chi connectivity index (χ1n) is 5.61. The zero-order chi connectivity index (χ0) is 13.3. The lowest BCUT2D eigenvalue weighted by atomic mass is 10.0. The number of carbonyl (C=O) groups is 1. The fourth-order valence-corrected chi connectivity index (χ4v) is 1.82. The van der Waals surface area contributed by atoms with Gasteiger partial charge in [0.15, 0.2) is 6.10 Å². The molecule has 0 aromatic carbocycles. The number of carbonyl (C=O) groups excluding carboxylic acids is 1. The number of hydrogen-bond donors (Lipinski definition) is 1. The van der Waals surface area contributed by atoms with E-state index in [1.54, 1.807) is 13.8 Å². The molecule has 0 aromatic heterocycles. The topological polar surface area (TPSA) is 55.8 Å². The Hall–Kier alpha value is -0.750. The Morgan fingerprint density at radius 1 is 1.65 bits per heavy atom. The molecule has 1 saturated heterocycles. The molecule has 0 radical (unpaired) electrons. The van der Waals surface area contributed by atoms with Crippen LogP contribution in [0.5, 0.6) is 0 Å². The highest BCUT2D eigenvalue weighted by atomic mass is 19.3. The second kappa shape index (κ2) is 4.86. The summed E-state index contributed by atoms with van der Waals surface area (Å²) < 4.78 is 36.5. The van der Waals surface area contributed by atoms with Crippen LogP contribution >= 0.6 is 0 Å². The smallest absolute Gasteiger partial charge is 0.379 e. The van der Waals surface area contributed by atoms with E-state index in [-0.39, 0.29) is 6.61 Å². The molecule has 1 N–H and O–H groups in total. The Balaban J connectivity index is 2.69. The fourth-order valence-electron chi connectivity index (χ4n) is 1.82. The highest BCUT2D eigenvalue weighted by Crippen LogP contribution is 2.35. The number of ether oxygens (including phenoxy) is 2. The highest BCUT2D eigenvalue weighted by Gasteiger charge is 2.54. The number of halogens is 2. The van der Waals surface area contributed by atoms with E-state index in [9.17, 15) is 18.7 Å². The highest BCUT2D eigenvalue weighted by molar-refractivity contribution is 5.78. The third-order valence-corrected chi connectivity index (χ3v) is 2.77. The Labute approximate surface area is 98.9 Å². The van der Waals surface area contributed by atoms with Crippen molar-refractivity contribution in [2.24, 2.45) is 0 Å². The first-order chi connectivity index (χ1) is 7.70. The molecule has 1 aliphatic rings. The molecule has 0 amide bonds. The number of alkyl halides is 2. The van der Waals surface area contributed by atoms with Crippen molar-refractivity contribution < 1.29 is 28.2 Å². The van der Waals surface area contributed by atoms with E-state index in [1.807, 2.05) is 0 Å². The van der Waals surface area contributed by atoms with Crippen LogP contribution in [0.1, 0.15) is 33.6 Å². The van der Waals surface area contributed by atoms with E-state index >= 15 is 0 Å². The van der Waals surface area contributed by atoms with Gasteiger partial charge >= 0.3 is 11.9 Å². The van der Waals surface area contributed by atoms with Crippen LogP contribution in [0.2, 0.25) is 0 Å². The summed E-state index contributed by atoms with van der Waals surface area (Å²) in [6.07, 6.45) is -2.34. The summed E-state index contributed by atoms with van der Waals surface area (Å²) in [5, 5.41) is 9.53. The van der Waals surface area contributed by atoms with Crippen LogP contribution in [-0.2, 0) is 14.3 Å². The summed E-state index contributed by atoms with van der Waals surface area (Å²) >= 11 is 0. The van der Waals surface area contributed by atoms with Crippen molar-refractivity contribution in [2.45, 2.75) is 57.3 Å². The van der Waals surface area contributed by atoms with E-state index in [1.165, 1.54) is 6.92 Å². The second-order valence-corrected chi connectivity index (χ2v) is 4.74. The molecule has 0 saturated carbocycles. The summed E-state index contributed by atoms with van der Waals surface area (Å²) in [5.74, 6) is -5.64. The lowest BCUT2D eigenvalue weighted by Crippen LogP contribution is -2.49. The molecular weight excluding hydrogens is 234 g/mol. The predicted molar refractivity (Wildman–Crippen MR) is 55.8 cm³/mol. The van der Waals surface area contributed by atoms with Crippen LogP contribution in [0.3, 0.4) is 0 Å². The van der Waals surface area contributed by atoms with Crippen molar-refractivity contribution in [2.75, 3.05) is 6.61 Å². The van der Waals surface area contributed by atoms with Gasteiger partial charge in [-0.05, 0) is 33.6 Å². The van der Waals surface area contributed by atoms with Crippen molar-refractivity contribution >= 4 is 5.97 Å². The molecule has 6 heteroatoms. The molecule has 1 heterocycles. The molecule has 2 atom stereocenters. The minimum atomic E-state index is -3.93. The number of aliphatic hydroxyl groups is 1. The van der Waals surface area contributed by atoms with Gasteiger partial charge in [0.05, 0.1) is 18.3 Å². The van der Waals surface area contributed by atoms with E-state index in [0.717, 1.165) is 0 Å². The van der Waals surface area contributed by atoms with Gasteiger partial charge in [-0.25, -0.2) is 4.79 Å². The van der Waals surface area contributed by atoms with Gasteiger partial charge in [0, 0.05) is 0 Å². The van der Waals surface area contributed by atoms with E-state index in [0.29, 0.717) is 12.8 Å². The van der Waals surface area contributed by atoms with E-state index in [4.69, 9.17) is 4.74 Å². The number of hydrogen-bond acceptors (Lipinski definition) is 4. The normalized spacial score (nSPS) is 25.6. The number of esters is 1. The molecule has 1 aliphatic heterocycles. The third kappa shape index (κ3) is 3.13. The lowest BCUT2D eigenvalue weighted by molar-refractivity contribution is -0.205. The Kier molecular flexibility index (Phi) is 4.09. The third-order valence-electron chi connectivity index (χ3n) is 2.77. The summed E-state index contributed by atoms with van der Waals surface area (Å²) in [4.78, 5) is 11.0. The Bertz CT molecular complexity index is 291. The van der Waals surface area contributed by atoms with Crippen LogP contribution in [0.25, 0.3) is 0 Å². The number of aliphatic hydroxyl groups excluding tert-OH is 1. The maximum atomic E-state index is 13.5. The number of rotatable bonds is 4. The summed E-state index contributed by atoms with van der Waals surface area (Å²) in [5.41, 5.74) is -0.545. The predicted octanol–water partition coefficient (Wildman–Crippen LogP) is 1.50. The fraction of sp³-hybridized carbons (Fsp3) is 0.909. The molecule has 0 bridgehead atoms. The molecule has 0 aromatic rings. The summed E-state index contributed by atoms with van der Waals surface area (Å²) in [6, 6.07) is 0. The minimum absolute atomic E-state index is 0.155. The van der Waals surface area contributed by atoms with Crippen LogP contribution in [0, 0.1) is 0 Å². The molecule has 1 fully saturated rings. The van der Waals surface area contributed by atoms with Crippen molar-refractivity contribution in [3.05, 3.63) is 0 Å². The molecular formula is C11H18F2O4. The average Bonchev–Trinajstić information content (AvgIpc) is 2.58. The van der Waals surface area contributed by atoms with Crippen molar-refractivity contribution in [3.8, 4) is 0 Å². The van der Waals surface area contributed by atoms with Crippen LogP contribution < -0.4 is 0 Å².